The predicted molar refractivity (Wildman–Crippen MR) is 109 cm³/mol. The molecule has 1 amide bonds. The Labute approximate surface area is 161 Å². The number of likely N-dealkylation sites (N-methyl/N-ethyl adjacent to an activating group) is 1. The van der Waals surface area contributed by atoms with Crippen LogP contribution in [-0.4, -0.2) is 27.6 Å². The monoisotopic (exact) mass is 361 g/mol. The zero-order chi connectivity index (χ0) is 19.4. The number of rotatable bonds is 6. The number of para-hydroxylation sites is 1. The van der Waals surface area contributed by atoms with Gasteiger partial charge in [0, 0.05) is 24.8 Å². The van der Waals surface area contributed by atoms with E-state index in [1.807, 2.05) is 84.2 Å². The third-order valence-electron chi connectivity index (χ3n) is 5.12. The molecule has 0 aliphatic rings. The number of amides is 1. The molecule has 3 rings (SSSR count). The van der Waals surface area contributed by atoms with Crippen LogP contribution in [0.2, 0.25) is 0 Å². The minimum absolute atomic E-state index is 0.110. The molecule has 2 aromatic carbocycles. The van der Waals surface area contributed by atoms with Gasteiger partial charge in [-0.3, -0.25) is 4.79 Å². The molecule has 0 aliphatic heterocycles. The average molecular weight is 361 g/mol. The first-order valence-electron chi connectivity index (χ1n) is 9.43. The van der Waals surface area contributed by atoms with Crippen LogP contribution in [0.15, 0.2) is 60.7 Å². The largest absolute Gasteiger partial charge is 0.341 e. The highest BCUT2D eigenvalue weighted by atomic mass is 16.2. The fraction of sp³-hybridized carbons (Fsp3) is 0.304. The minimum Gasteiger partial charge on any atom is -0.341 e. The number of hydrogen-bond donors (Lipinski definition) is 0. The Hall–Kier alpha value is -2.88. The van der Waals surface area contributed by atoms with E-state index in [0.717, 1.165) is 34.6 Å². The molecule has 1 atom stereocenters. The highest BCUT2D eigenvalue weighted by molar-refractivity contribution is 5.83. The lowest BCUT2D eigenvalue weighted by atomic mass is 9.95. The van der Waals surface area contributed by atoms with Crippen LogP contribution in [0.1, 0.15) is 41.8 Å². The van der Waals surface area contributed by atoms with Gasteiger partial charge in [0.1, 0.15) is 0 Å². The molecule has 4 heteroatoms. The van der Waals surface area contributed by atoms with Gasteiger partial charge < -0.3 is 4.90 Å². The Morgan fingerprint density at radius 2 is 1.63 bits per heavy atom. The highest BCUT2D eigenvalue weighted by Gasteiger charge is 2.24. The van der Waals surface area contributed by atoms with E-state index >= 15 is 0 Å². The van der Waals surface area contributed by atoms with E-state index in [0.29, 0.717) is 6.54 Å². The van der Waals surface area contributed by atoms with Crippen molar-refractivity contribution in [3.63, 3.8) is 0 Å². The van der Waals surface area contributed by atoms with Gasteiger partial charge in [-0.2, -0.15) is 5.10 Å². The van der Waals surface area contributed by atoms with Gasteiger partial charge in [0.25, 0.3) is 0 Å². The van der Waals surface area contributed by atoms with Crippen molar-refractivity contribution in [1.82, 2.24) is 14.7 Å². The summed E-state index contributed by atoms with van der Waals surface area (Å²) in [6.07, 6.45) is 0.786. The predicted octanol–water partition coefficient (Wildman–Crippen LogP) is 4.64. The topological polar surface area (TPSA) is 38.1 Å². The summed E-state index contributed by atoms with van der Waals surface area (Å²) in [4.78, 5) is 14.9. The van der Waals surface area contributed by atoms with Gasteiger partial charge in [-0.25, -0.2) is 4.68 Å². The van der Waals surface area contributed by atoms with E-state index < -0.39 is 0 Å². The van der Waals surface area contributed by atoms with E-state index in [1.165, 1.54) is 0 Å². The van der Waals surface area contributed by atoms with Crippen molar-refractivity contribution in [1.29, 1.82) is 0 Å². The Kier molecular flexibility index (Phi) is 5.75. The summed E-state index contributed by atoms with van der Waals surface area (Å²) in [6, 6.07) is 20.1. The molecule has 1 aromatic heterocycles. The molecule has 1 heterocycles. The number of benzene rings is 2. The zero-order valence-electron chi connectivity index (χ0n) is 16.5. The lowest BCUT2D eigenvalue weighted by Gasteiger charge is -2.23. The quantitative estimate of drug-likeness (QED) is 0.641. The number of carbonyl (C=O) groups is 1. The first-order chi connectivity index (χ1) is 13.0. The van der Waals surface area contributed by atoms with Crippen LogP contribution >= 0.6 is 0 Å². The van der Waals surface area contributed by atoms with Gasteiger partial charge in [-0.15, -0.1) is 0 Å². The van der Waals surface area contributed by atoms with Crippen molar-refractivity contribution in [3.05, 3.63) is 83.2 Å². The summed E-state index contributed by atoms with van der Waals surface area (Å²) in [6.45, 7) is 6.70. The van der Waals surface area contributed by atoms with Crippen LogP contribution in [0.3, 0.4) is 0 Å². The number of hydrogen-bond acceptors (Lipinski definition) is 2. The molecule has 0 saturated carbocycles. The second-order valence-corrected chi connectivity index (χ2v) is 6.96. The van der Waals surface area contributed by atoms with Crippen molar-refractivity contribution in [2.45, 2.75) is 39.7 Å². The average Bonchev–Trinajstić information content (AvgIpc) is 2.98. The van der Waals surface area contributed by atoms with E-state index in [-0.39, 0.29) is 11.8 Å². The maximum Gasteiger partial charge on any atom is 0.230 e. The van der Waals surface area contributed by atoms with Gasteiger partial charge in [0.2, 0.25) is 5.91 Å². The molecule has 0 unspecified atom stereocenters. The van der Waals surface area contributed by atoms with E-state index in [4.69, 9.17) is 5.10 Å². The Balaban J connectivity index is 1.83. The van der Waals surface area contributed by atoms with Crippen molar-refractivity contribution < 1.29 is 4.79 Å². The van der Waals surface area contributed by atoms with E-state index in [1.54, 1.807) is 0 Å². The molecule has 140 valence electrons. The Morgan fingerprint density at radius 1 is 1.04 bits per heavy atom. The van der Waals surface area contributed by atoms with Crippen LogP contribution in [0.25, 0.3) is 5.69 Å². The van der Waals surface area contributed by atoms with Gasteiger partial charge in [0.15, 0.2) is 0 Å². The van der Waals surface area contributed by atoms with Crippen molar-refractivity contribution in [3.8, 4) is 5.69 Å². The third kappa shape index (κ3) is 3.95. The fourth-order valence-corrected chi connectivity index (χ4v) is 3.54. The number of aromatic nitrogens is 2. The van der Waals surface area contributed by atoms with E-state index in [2.05, 4.69) is 13.8 Å². The molecular formula is C23H27N3O. The maximum atomic E-state index is 13.1. The zero-order valence-corrected chi connectivity index (χ0v) is 16.5. The van der Waals surface area contributed by atoms with Crippen molar-refractivity contribution in [2.24, 2.45) is 0 Å². The molecule has 4 nitrogen and oxygen atoms in total. The lowest BCUT2D eigenvalue weighted by molar-refractivity contribution is -0.132. The standard InChI is InChI=1S/C23H27N3O/c1-5-21(19-12-8-6-9-13-19)23(27)25(4)16-22-17(2)24-26(18(22)3)20-14-10-7-11-15-20/h6-15,21H,5,16H2,1-4H3/t21-/m1/s1. The second-order valence-electron chi connectivity index (χ2n) is 6.96. The molecule has 3 aromatic rings. The van der Waals surface area contributed by atoms with Crippen LogP contribution in [-0.2, 0) is 11.3 Å². The summed E-state index contributed by atoms with van der Waals surface area (Å²) < 4.78 is 1.96. The Bertz CT molecular complexity index is 900. The smallest absolute Gasteiger partial charge is 0.230 e. The first-order valence-corrected chi connectivity index (χ1v) is 9.43. The molecule has 0 fully saturated rings. The van der Waals surface area contributed by atoms with Crippen LogP contribution in [0.5, 0.6) is 0 Å². The van der Waals surface area contributed by atoms with Gasteiger partial charge in [0.05, 0.1) is 17.3 Å². The molecule has 0 N–H and O–H groups in total. The highest BCUT2D eigenvalue weighted by Crippen LogP contribution is 2.24. The van der Waals surface area contributed by atoms with Crippen LogP contribution < -0.4 is 0 Å². The molecule has 27 heavy (non-hydrogen) atoms. The molecule has 0 bridgehead atoms. The molecular weight excluding hydrogens is 334 g/mol. The summed E-state index contributed by atoms with van der Waals surface area (Å²) in [5.74, 6) is 0.0379. The number of aryl methyl sites for hydroxylation is 1. The van der Waals surface area contributed by atoms with Gasteiger partial charge >= 0.3 is 0 Å². The minimum atomic E-state index is -0.110. The maximum absolute atomic E-state index is 13.1. The number of nitrogens with zero attached hydrogens (tertiary/aromatic N) is 3. The molecule has 0 saturated heterocycles. The third-order valence-corrected chi connectivity index (χ3v) is 5.12. The van der Waals surface area contributed by atoms with Gasteiger partial charge in [-0.1, -0.05) is 55.5 Å². The molecule has 0 spiro atoms. The van der Waals surface area contributed by atoms with Gasteiger partial charge in [-0.05, 0) is 38.0 Å². The molecule has 0 radical (unpaired) electrons. The van der Waals surface area contributed by atoms with Crippen molar-refractivity contribution in [2.75, 3.05) is 7.05 Å². The van der Waals surface area contributed by atoms with E-state index in [9.17, 15) is 4.79 Å². The number of carbonyl (C=O) groups excluding carboxylic acids is 1. The molecule has 0 aliphatic carbocycles. The van der Waals surface area contributed by atoms with Crippen LogP contribution in [0, 0.1) is 13.8 Å². The summed E-state index contributed by atoms with van der Waals surface area (Å²) in [5, 5.41) is 4.69. The normalized spacial score (nSPS) is 12.0. The SMILES string of the molecule is CC[C@@H](C(=O)N(C)Cc1c(C)nn(-c2ccccc2)c1C)c1ccccc1. The second kappa shape index (κ2) is 8.21. The first kappa shape index (κ1) is 18.9. The summed E-state index contributed by atoms with van der Waals surface area (Å²) in [5.41, 5.74) is 5.26. The fourth-order valence-electron chi connectivity index (χ4n) is 3.54. The lowest BCUT2D eigenvalue weighted by Crippen LogP contribution is -2.31. The van der Waals surface area contributed by atoms with Crippen molar-refractivity contribution >= 4 is 5.91 Å². The summed E-state index contributed by atoms with van der Waals surface area (Å²) >= 11 is 0. The Morgan fingerprint density at radius 3 is 2.22 bits per heavy atom. The van der Waals surface area contributed by atoms with Crippen LogP contribution in [0.4, 0.5) is 0 Å². The summed E-state index contributed by atoms with van der Waals surface area (Å²) in [7, 11) is 1.88.